The van der Waals surface area contributed by atoms with E-state index in [0.29, 0.717) is 18.1 Å². The molecule has 0 saturated carbocycles. The number of benzene rings is 1. The molecule has 0 unspecified atom stereocenters. The van der Waals surface area contributed by atoms with Crippen LogP contribution in [0.4, 0.5) is 0 Å². The van der Waals surface area contributed by atoms with Gasteiger partial charge in [0.2, 0.25) is 5.88 Å². The first-order chi connectivity index (χ1) is 8.72. The van der Waals surface area contributed by atoms with E-state index in [1.54, 1.807) is 0 Å². The number of para-hydroxylation sites is 1. The lowest BCUT2D eigenvalue weighted by molar-refractivity contribution is 0.452. The smallest absolute Gasteiger partial charge is 0.254 e. The van der Waals surface area contributed by atoms with Crippen LogP contribution in [-0.2, 0) is 12.8 Å². The summed E-state index contributed by atoms with van der Waals surface area (Å²) in [5, 5.41) is 0. The van der Waals surface area contributed by atoms with Crippen LogP contribution >= 0.6 is 0 Å². The van der Waals surface area contributed by atoms with Gasteiger partial charge < -0.3 is 9.72 Å². The molecule has 0 spiro atoms. The van der Waals surface area contributed by atoms with E-state index in [1.165, 1.54) is 6.07 Å². The fourth-order valence-corrected chi connectivity index (χ4v) is 1.71. The zero-order valence-corrected chi connectivity index (χ0v) is 10.6. The third kappa shape index (κ3) is 2.77. The van der Waals surface area contributed by atoms with Gasteiger partial charge in [-0.1, -0.05) is 32.0 Å². The van der Waals surface area contributed by atoms with Gasteiger partial charge >= 0.3 is 0 Å². The molecule has 4 nitrogen and oxygen atoms in total. The van der Waals surface area contributed by atoms with Crippen LogP contribution in [0.25, 0.3) is 0 Å². The molecule has 18 heavy (non-hydrogen) atoms. The summed E-state index contributed by atoms with van der Waals surface area (Å²) in [4.78, 5) is 18.3. The summed E-state index contributed by atoms with van der Waals surface area (Å²) >= 11 is 0. The van der Waals surface area contributed by atoms with Crippen molar-refractivity contribution in [1.82, 2.24) is 9.97 Å². The van der Waals surface area contributed by atoms with Crippen LogP contribution in [0.5, 0.6) is 11.6 Å². The Hall–Kier alpha value is -2.10. The second-order valence-corrected chi connectivity index (χ2v) is 3.95. The Morgan fingerprint density at radius 3 is 2.72 bits per heavy atom. The number of hydrogen-bond acceptors (Lipinski definition) is 3. The Bertz CT molecular complexity index is 590. The quantitative estimate of drug-likeness (QED) is 0.899. The summed E-state index contributed by atoms with van der Waals surface area (Å²) in [6.45, 7) is 3.99. The largest absolute Gasteiger partial charge is 0.438 e. The molecule has 94 valence electrons. The van der Waals surface area contributed by atoms with Crippen LogP contribution in [0.15, 0.2) is 35.1 Å². The van der Waals surface area contributed by atoms with Gasteiger partial charge in [-0.3, -0.25) is 4.79 Å². The third-order valence-electron chi connectivity index (χ3n) is 2.67. The minimum absolute atomic E-state index is 0.189. The van der Waals surface area contributed by atoms with E-state index in [2.05, 4.69) is 16.9 Å². The molecule has 0 fully saturated rings. The number of rotatable bonds is 4. The summed E-state index contributed by atoms with van der Waals surface area (Å²) in [6.07, 6.45) is 1.54. The van der Waals surface area contributed by atoms with Gasteiger partial charge in [-0.15, -0.1) is 0 Å². The Labute approximate surface area is 106 Å². The highest BCUT2D eigenvalue weighted by Gasteiger charge is 2.05. The molecule has 0 atom stereocenters. The molecule has 0 aliphatic rings. The van der Waals surface area contributed by atoms with E-state index < -0.39 is 0 Å². The summed E-state index contributed by atoms with van der Waals surface area (Å²) in [7, 11) is 0. The summed E-state index contributed by atoms with van der Waals surface area (Å²) in [6, 6.07) is 9.12. The van der Waals surface area contributed by atoms with E-state index in [1.807, 2.05) is 31.2 Å². The summed E-state index contributed by atoms with van der Waals surface area (Å²) < 4.78 is 5.69. The average molecular weight is 244 g/mol. The Morgan fingerprint density at radius 1 is 1.22 bits per heavy atom. The van der Waals surface area contributed by atoms with Crippen LogP contribution in [0.1, 0.15) is 25.2 Å². The van der Waals surface area contributed by atoms with Gasteiger partial charge in [0.05, 0.1) is 6.07 Å². The number of nitrogens with zero attached hydrogens (tertiary/aromatic N) is 1. The maximum absolute atomic E-state index is 11.4. The fourth-order valence-electron chi connectivity index (χ4n) is 1.71. The molecule has 4 heteroatoms. The fraction of sp³-hybridized carbons (Fsp3) is 0.286. The molecular formula is C14H16N2O2. The lowest BCUT2D eigenvalue weighted by Crippen LogP contribution is -2.10. The van der Waals surface area contributed by atoms with Gasteiger partial charge in [0.1, 0.15) is 11.6 Å². The molecular weight excluding hydrogens is 228 g/mol. The van der Waals surface area contributed by atoms with Gasteiger partial charge in [0.15, 0.2) is 0 Å². The van der Waals surface area contributed by atoms with Crippen molar-refractivity contribution in [3.05, 3.63) is 52.1 Å². The number of ether oxygens (including phenoxy) is 1. The number of aromatic nitrogens is 2. The van der Waals surface area contributed by atoms with Crippen LogP contribution in [0.2, 0.25) is 0 Å². The van der Waals surface area contributed by atoms with Crippen LogP contribution < -0.4 is 10.3 Å². The normalized spacial score (nSPS) is 10.3. The van der Waals surface area contributed by atoms with Crippen molar-refractivity contribution >= 4 is 0 Å². The standard InChI is InChI=1S/C14H16N2O2/c1-3-10-7-5-6-8-11(10)18-14-9-13(17)15-12(4-2)16-14/h5-9H,3-4H2,1-2H3,(H,15,16,17). The Morgan fingerprint density at radius 2 is 2.00 bits per heavy atom. The highest BCUT2D eigenvalue weighted by Crippen LogP contribution is 2.23. The predicted molar refractivity (Wildman–Crippen MR) is 70.1 cm³/mol. The molecule has 2 rings (SSSR count). The van der Waals surface area contributed by atoms with Gasteiger partial charge in [-0.05, 0) is 18.1 Å². The topological polar surface area (TPSA) is 55.0 Å². The molecule has 2 aromatic rings. The minimum atomic E-state index is -0.189. The Balaban J connectivity index is 2.33. The zero-order chi connectivity index (χ0) is 13.0. The van der Waals surface area contributed by atoms with Crippen LogP contribution in [0.3, 0.4) is 0 Å². The van der Waals surface area contributed by atoms with Crippen molar-refractivity contribution in [2.45, 2.75) is 26.7 Å². The second-order valence-electron chi connectivity index (χ2n) is 3.95. The van der Waals surface area contributed by atoms with Gasteiger partial charge in [0.25, 0.3) is 5.56 Å². The highest BCUT2D eigenvalue weighted by atomic mass is 16.5. The van der Waals surface area contributed by atoms with Crippen molar-refractivity contribution in [1.29, 1.82) is 0 Å². The molecule has 1 aromatic heterocycles. The van der Waals surface area contributed by atoms with Crippen molar-refractivity contribution in [2.24, 2.45) is 0 Å². The monoisotopic (exact) mass is 244 g/mol. The predicted octanol–water partition coefficient (Wildman–Crippen LogP) is 2.69. The van der Waals surface area contributed by atoms with E-state index in [0.717, 1.165) is 17.7 Å². The lowest BCUT2D eigenvalue weighted by atomic mass is 10.1. The number of hydrogen-bond donors (Lipinski definition) is 1. The molecule has 1 aromatic carbocycles. The van der Waals surface area contributed by atoms with E-state index >= 15 is 0 Å². The number of H-pyrrole nitrogens is 1. The minimum Gasteiger partial charge on any atom is -0.438 e. The highest BCUT2D eigenvalue weighted by molar-refractivity contribution is 5.35. The van der Waals surface area contributed by atoms with Crippen molar-refractivity contribution < 1.29 is 4.74 Å². The number of nitrogens with one attached hydrogen (secondary N) is 1. The van der Waals surface area contributed by atoms with Crippen molar-refractivity contribution in [2.75, 3.05) is 0 Å². The molecule has 0 aliphatic heterocycles. The molecule has 0 radical (unpaired) electrons. The van der Waals surface area contributed by atoms with Crippen molar-refractivity contribution in [3.63, 3.8) is 0 Å². The van der Waals surface area contributed by atoms with E-state index in [9.17, 15) is 4.79 Å². The first-order valence-corrected chi connectivity index (χ1v) is 6.09. The molecule has 0 saturated heterocycles. The van der Waals surface area contributed by atoms with Gasteiger partial charge in [-0.25, -0.2) is 0 Å². The number of aromatic amines is 1. The third-order valence-corrected chi connectivity index (χ3v) is 2.67. The maximum Gasteiger partial charge on any atom is 0.254 e. The first kappa shape index (κ1) is 12.4. The molecule has 1 N–H and O–H groups in total. The lowest BCUT2D eigenvalue weighted by Gasteiger charge is -2.09. The summed E-state index contributed by atoms with van der Waals surface area (Å²) in [5.41, 5.74) is 0.906. The average Bonchev–Trinajstić information content (AvgIpc) is 2.38. The number of aryl methyl sites for hydroxylation is 2. The SMILES string of the molecule is CCc1nc(Oc2ccccc2CC)cc(=O)[nH]1. The second kappa shape index (κ2) is 5.49. The van der Waals surface area contributed by atoms with Crippen LogP contribution in [-0.4, -0.2) is 9.97 Å². The molecule has 0 bridgehead atoms. The molecule has 1 heterocycles. The molecule has 0 aliphatic carbocycles. The first-order valence-electron chi connectivity index (χ1n) is 6.09. The van der Waals surface area contributed by atoms with Gasteiger partial charge in [0, 0.05) is 6.42 Å². The maximum atomic E-state index is 11.4. The summed E-state index contributed by atoms with van der Waals surface area (Å²) in [5.74, 6) is 1.73. The van der Waals surface area contributed by atoms with E-state index in [4.69, 9.17) is 4.74 Å². The van der Waals surface area contributed by atoms with Crippen molar-refractivity contribution in [3.8, 4) is 11.6 Å². The molecule has 0 amide bonds. The van der Waals surface area contributed by atoms with Gasteiger partial charge in [-0.2, -0.15) is 4.98 Å². The zero-order valence-electron chi connectivity index (χ0n) is 10.6. The van der Waals surface area contributed by atoms with Crippen LogP contribution in [0, 0.1) is 0 Å². The van der Waals surface area contributed by atoms with E-state index in [-0.39, 0.29) is 5.56 Å². The Kier molecular flexibility index (Phi) is 3.77.